The van der Waals surface area contributed by atoms with Crippen molar-refractivity contribution in [2.75, 3.05) is 0 Å². The predicted molar refractivity (Wildman–Crippen MR) is 60.7 cm³/mol. The summed E-state index contributed by atoms with van der Waals surface area (Å²) in [5.41, 5.74) is 4.40. The van der Waals surface area contributed by atoms with Gasteiger partial charge in [0.2, 0.25) is 0 Å². The summed E-state index contributed by atoms with van der Waals surface area (Å²) in [5.74, 6) is 5.56. The van der Waals surface area contributed by atoms with Gasteiger partial charge in [0, 0.05) is 6.04 Å². The smallest absolute Gasteiger partial charge is 0.0299 e. The number of hydrogen-bond donors (Lipinski definition) is 2. The molecule has 0 saturated heterocycles. The molecule has 0 fully saturated rings. The molecule has 0 bridgehead atoms. The highest BCUT2D eigenvalue weighted by Crippen LogP contribution is 2.21. The third kappa shape index (κ3) is 3.13. The lowest BCUT2D eigenvalue weighted by molar-refractivity contribution is 0.269. The molecule has 1 atom stereocenters. The van der Waals surface area contributed by atoms with Gasteiger partial charge >= 0.3 is 0 Å². The minimum atomic E-state index is 0.185. The first-order chi connectivity index (χ1) is 6.54. The van der Waals surface area contributed by atoms with Gasteiger partial charge in [-0.3, -0.25) is 11.3 Å². The minimum absolute atomic E-state index is 0.185. The molecule has 0 aliphatic carbocycles. The summed E-state index contributed by atoms with van der Waals surface area (Å²) in [4.78, 5) is 0. The van der Waals surface area contributed by atoms with Crippen molar-refractivity contribution in [3.63, 3.8) is 0 Å². The van der Waals surface area contributed by atoms with E-state index in [-0.39, 0.29) is 5.41 Å². The molecule has 0 aliphatic rings. The van der Waals surface area contributed by atoms with Crippen molar-refractivity contribution >= 4 is 0 Å². The van der Waals surface area contributed by atoms with Crippen molar-refractivity contribution in [3.8, 4) is 0 Å². The van der Waals surface area contributed by atoms with Crippen LogP contribution in [0.2, 0.25) is 0 Å². The first-order valence-electron chi connectivity index (χ1n) is 5.04. The number of hydrogen-bond acceptors (Lipinski definition) is 2. The zero-order valence-electron chi connectivity index (χ0n) is 9.25. The van der Waals surface area contributed by atoms with Crippen molar-refractivity contribution in [1.29, 1.82) is 0 Å². The summed E-state index contributed by atoms with van der Waals surface area (Å²) in [5, 5.41) is 0. The van der Waals surface area contributed by atoms with Crippen LogP contribution in [0.3, 0.4) is 0 Å². The van der Waals surface area contributed by atoms with Gasteiger partial charge in [-0.2, -0.15) is 0 Å². The number of nitrogens with two attached hydrogens (primary N) is 1. The highest BCUT2D eigenvalue weighted by atomic mass is 15.2. The average molecular weight is 192 g/mol. The molecule has 0 amide bonds. The van der Waals surface area contributed by atoms with E-state index in [1.807, 2.05) is 6.07 Å². The van der Waals surface area contributed by atoms with E-state index in [4.69, 9.17) is 5.84 Å². The van der Waals surface area contributed by atoms with Gasteiger partial charge in [-0.15, -0.1) is 0 Å². The summed E-state index contributed by atoms with van der Waals surface area (Å²) < 4.78 is 0. The maximum absolute atomic E-state index is 5.56. The van der Waals surface area contributed by atoms with Crippen molar-refractivity contribution in [3.05, 3.63) is 35.9 Å². The molecule has 1 aromatic carbocycles. The van der Waals surface area contributed by atoms with Crippen molar-refractivity contribution in [2.45, 2.75) is 33.2 Å². The van der Waals surface area contributed by atoms with Crippen LogP contribution in [0, 0.1) is 5.41 Å². The minimum Gasteiger partial charge on any atom is -0.271 e. The van der Waals surface area contributed by atoms with Gasteiger partial charge in [0.25, 0.3) is 0 Å². The topological polar surface area (TPSA) is 38.0 Å². The second-order valence-corrected chi connectivity index (χ2v) is 4.78. The molecule has 1 rings (SSSR count). The fraction of sp³-hybridized carbons (Fsp3) is 0.500. The average Bonchev–Trinajstić information content (AvgIpc) is 2.14. The number of rotatable bonds is 3. The number of benzene rings is 1. The van der Waals surface area contributed by atoms with E-state index in [9.17, 15) is 0 Å². The molecule has 0 saturated carbocycles. The molecule has 0 radical (unpaired) electrons. The fourth-order valence-corrected chi connectivity index (χ4v) is 1.46. The quantitative estimate of drug-likeness (QED) is 0.568. The van der Waals surface area contributed by atoms with Gasteiger partial charge in [0.05, 0.1) is 0 Å². The zero-order valence-corrected chi connectivity index (χ0v) is 9.25. The Morgan fingerprint density at radius 2 is 1.79 bits per heavy atom. The van der Waals surface area contributed by atoms with Crippen molar-refractivity contribution in [1.82, 2.24) is 5.43 Å². The van der Waals surface area contributed by atoms with E-state index < -0.39 is 0 Å². The van der Waals surface area contributed by atoms with Gasteiger partial charge in [-0.1, -0.05) is 51.1 Å². The van der Waals surface area contributed by atoms with Gasteiger partial charge < -0.3 is 0 Å². The van der Waals surface area contributed by atoms with Gasteiger partial charge in [0.1, 0.15) is 0 Å². The highest BCUT2D eigenvalue weighted by Gasteiger charge is 2.23. The van der Waals surface area contributed by atoms with Crippen LogP contribution in [0.1, 0.15) is 26.3 Å². The first-order valence-corrected chi connectivity index (χ1v) is 5.04. The maximum atomic E-state index is 5.56. The van der Waals surface area contributed by atoms with Crippen LogP contribution in [-0.2, 0) is 6.42 Å². The van der Waals surface area contributed by atoms with E-state index in [1.165, 1.54) is 5.56 Å². The largest absolute Gasteiger partial charge is 0.271 e. The Labute approximate surface area is 86.5 Å². The molecule has 78 valence electrons. The van der Waals surface area contributed by atoms with E-state index >= 15 is 0 Å². The van der Waals surface area contributed by atoms with E-state index in [2.05, 4.69) is 50.5 Å². The van der Waals surface area contributed by atoms with Crippen LogP contribution >= 0.6 is 0 Å². The zero-order chi connectivity index (χ0) is 10.6. The molecule has 0 heterocycles. The van der Waals surface area contributed by atoms with Crippen LogP contribution in [0.4, 0.5) is 0 Å². The molecule has 14 heavy (non-hydrogen) atoms. The summed E-state index contributed by atoms with van der Waals surface area (Å²) in [6, 6.07) is 10.7. The number of nitrogens with one attached hydrogen (secondary N) is 1. The summed E-state index contributed by atoms with van der Waals surface area (Å²) in [7, 11) is 0. The number of hydrazine groups is 1. The van der Waals surface area contributed by atoms with Crippen LogP contribution in [0.25, 0.3) is 0 Å². The normalized spacial score (nSPS) is 14.0. The Balaban J connectivity index is 2.67. The van der Waals surface area contributed by atoms with Gasteiger partial charge in [0.15, 0.2) is 0 Å². The fourth-order valence-electron chi connectivity index (χ4n) is 1.46. The van der Waals surface area contributed by atoms with Gasteiger partial charge in [-0.05, 0) is 17.4 Å². The Hall–Kier alpha value is -0.860. The third-order valence-electron chi connectivity index (χ3n) is 2.53. The summed E-state index contributed by atoms with van der Waals surface area (Å²) in [6.45, 7) is 6.58. The Morgan fingerprint density at radius 3 is 2.21 bits per heavy atom. The van der Waals surface area contributed by atoms with Crippen LogP contribution in [-0.4, -0.2) is 6.04 Å². The first kappa shape index (κ1) is 11.2. The molecular weight excluding hydrogens is 172 g/mol. The van der Waals surface area contributed by atoms with Gasteiger partial charge in [-0.25, -0.2) is 0 Å². The predicted octanol–water partition coefficient (Wildman–Crippen LogP) is 2.11. The molecular formula is C12H20N2. The SMILES string of the molecule is CC(C)(C)C(Cc1ccccc1)NN. The van der Waals surface area contributed by atoms with Crippen molar-refractivity contribution < 1.29 is 0 Å². The molecule has 0 spiro atoms. The Morgan fingerprint density at radius 1 is 1.21 bits per heavy atom. The molecule has 3 N–H and O–H groups in total. The summed E-state index contributed by atoms with van der Waals surface area (Å²) >= 11 is 0. The molecule has 0 aliphatic heterocycles. The molecule has 0 aromatic heterocycles. The molecule has 1 aromatic rings. The molecule has 2 nitrogen and oxygen atoms in total. The second-order valence-electron chi connectivity index (χ2n) is 4.78. The van der Waals surface area contributed by atoms with E-state index in [1.54, 1.807) is 0 Å². The third-order valence-corrected chi connectivity index (χ3v) is 2.53. The van der Waals surface area contributed by atoms with Crippen LogP contribution in [0.15, 0.2) is 30.3 Å². The van der Waals surface area contributed by atoms with Crippen molar-refractivity contribution in [2.24, 2.45) is 11.3 Å². The van der Waals surface area contributed by atoms with Crippen LogP contribution < -0.4 is 11.3 Å². The van der Waals surface area contributed by atoms with E-state index in [0.29, 0.717) is 6.04 Å². The Bertz CT molecular complexity index is 261. The van der Waals surface area contributed by atoms with E-state index in [0.717, 1.165) is 6.42 Å². The Kier molecular flexibility index (Phi) is 3.67. The summed E-state index contributed by atoms with van der Waals surface area (Å²) in [6.07, 6.45) is 0.973. The molecule has 2 heteroatoms. The monoisotopic (exact) mass is 192 g/mol. The highest BCUT2D eigenvalue weighted by molar-refractivity contribution is 5.16. The second kappa shape index (κ2) is 4.58. The maximum Gasteiger partial charge on any atom is 0.0299 e. The lowest BCUT2D eigenvalue weighted by Gasteiger charge is -2.30. The standard InChI is InChI=1S/C12H20N2/c1-12(2,3)11(14-13)9-10-7-5-4-6-8-10/h4-8,11,14H,9,13H2,1-3H3. The lowest BCUT2D eigenvalue weighted by Crippen LogP contribution is -2.45. The lowest BCUT2D eigenvalue weighted by atomic mass is 9.83. The van der Waals surface area contributed by atoms with Crippen LogP contribution in [0.5, 0.6) is 0 Å². The molecule has 1 unspecified atom stereocenters.